The lowest BCUT2D eigenvalue weighted by molar-refractivity contribution is -0.143. The van der Waals surface area contributed by atoms with Crippen LogP contribution in [0.15, 0.2) is 48.6 Å². The Kier molecular flexibility index (Phi) is 72.4. The first-order valence-corrected chi connectivity index (χ1v) is 38.4. The Bertz CT molecular complexity index is 1420. The SMILES string of the molecule is CCCCC/C=C\C/C=C\CCCCCCCCCCCC(=O)OCCCCCCCCCCC/C=C\C/C=C\CCCCCCCCCCCC(=O)NC(CO)C(O)CCCCCCCCCCCCCCCCCCCCCCCCCC. The van der Waals surface area contributed by atoms with Gasteiger partial charge in [-0.25, -0.2) is 0 Å². The first-order chi connectivity index (χ1) is 42.0. The smallest absolute Gasteiger partial charge is 0.305 e. The second kappa shape index (κ2) is 74.3. The molecule has 6 heteroatoms. The molecule has 0 aromatic rings. The zero-order chi connectivity index (χ0) is 61.3. The van der Waals surface area contributed by atoms with Crippen LogP contribution in [-0.4, -0.2) is 47.4 Å². The predicted molar refractivity (Wildman–Crippen MR) is 375 cm³/mol. The number of hydrogen-bond donors (Lipinski definition) is 3. The molecule has 0 saturated heterocycles. The molecule has 3 N–H and O–H groups in total. The summed E-state index contributed by atoms with van der Waals surface area (Å²) in [4.78, 5) is 24.7. The molecule has 0 aliphatic rings. The van der Waals surface area contributed by atoms with Gasteiger partial charge in [-0.05, 0) is 89.9 Å². The number of unbranched alkanes of at least 4 members (excludes halogenated alkanes) is 53. The summed E-state index contributed by atoms with van der Waals surface area (Å²) < 4.78 is 5.50. The van der Waals surface area contributed by atoms with E-state index >= 15 is 0 Å². The average Bonchev–Trinajstić information content (AvgIpc) is 3.51. The molecular formula is C79H149NO5. The Balaban J connectivity index is 3.42. The van der Waals surface area contributed by atoms with Crippen LogP contribution in [0, 0.1) is 0 Å². The Morgan fingerprint density at radius 2 is 0.588 bits per heavy atom. The van der Waals surface area contributed by atoms with E-state index < -0.39 is 12.1 Å². The van der Waals surface area contributed by atoms with Gasteiger partial charge in [0.2, 0.25) is 5.91 Å². The van der Waals surface area contributed by atoms with E-state index in [-0.39, 0.29) is 18.5 Å². The quantitative estimate of drug-likeness (QED) is 0.0320. The molecule has 2 atom stereocenters. The normalized spacial score (nSPS) is 12.8. The van der Waals surface area contributed by atoms with E-state index in [0.29, 0.717) is 25.9 Å². The highest BCUT2D eigenvalue weighted by molar-refractivity contribution is 5.76. The zero-order valence-electron chi connectivity index (χ0n) is 57.4. The van der Waals surface area contributed by atoms with Crippen molar-refractivity contribution in [2.75, 3.05) is 13.2 Å². The Morgan fingerprint density at radius 1 is 0.329 bits per heavy atom. The number of allylic oxidation sites excluding steroid dienone is 8. The van der Waals surface area contributed by atoms with Crippen molar-refractivity contribution >= 4 is 11.9 Å². The summed E-state index contributed by atoms with van der Waals surface area (Å²) in [5.41, 5.74) is 0. The number of aliphatic hydroxyl groups excluding tert-OH is 2. The number of rotatable bonds is 72. The van der Waals surface area contributed by atoms with Crippen molar-refractivity contribution in [2.24, 2.45) is 0 Å². The van der Waals surface area contributed by atoms with Crippen molar-refractivity contribution in [2.45, 2.75) is 431 Å². The number of aliphatic hydroxyl groups is 2. The van der Waals surface area contributed by atoms with Gasteiger partial charge in [0.05, 0.1) is 25.4 Å². The Morgan fingerprint density at radius 3 is 0.918 bits per heavy atom. The summed E-state index contributed by atoms with van der Waals surface area (Å²) in [6.07, 6.45) is 97.5. The topological polar surface area (TPSA) is 95.9 Å². The molecule has 0 aliphatic carbocycles. The van der Waals surface area contributed by atoms with Crippen LogP contribution in [0.3, 0.4) is 0 Å². The molecule has 0 aromatic carbocycles. The molecule has 0 saturated carbocycles. The summed E-state index contributed by atoms with van der Waals surface area (Å²) in [6.45, 7) is 4.96. The summed E-state index contributed by atoms with van der Waals surface area (Å²) in [6, 6.07) is -0.549. The number of amides is 1. The van der Waals surface area contributed by atoms with Crippen LogP contribution in [0.2, 0.25) is 0 Å². The summed E-state index contributed by atoms with van der Waals surface area (Å²) in [5.74, 6) is -0.0309. The van der Waals surface area contributed by atoms with E-state index in [0.717, 1.165) is 57.8 Å². The van der Waals surface area contributed by atoms with Crippen molar-refractivity contribution in [3.05, 3.63) is 48.6 Å². The fourth-order valence-corrected chi connectivity index (χ4v) is 12.0. The van der Waals surface area contributed by atoms with Gasteiger partial charge in [0.15, 0.2) is 0 Å². The van der Waals surface area contributed by atoms with Crippen LogP contribution >= 0.6 is 0 Å². The number of esters is 1. The van der Waals surface area contributed by atoms with Gasteiger partial charge in [-0.2, -0.15) is 0 Å². The van der Waals surface area contributed by atoms with E-state index in [4.69, 9.17) is 4.74 Å². The monoisotopic (exact) mass is 1190 g/mol. The van der Waals surface area contributed by atoms with E-state index in [2.05, 4.69) is 67.8 Å². The highest BCUT2D eigenvalue weighted by Gasteiger charge is 2.20. The second-order valence-corrected chi connectivity index (χ2v) is 26.3. The van der Waals surface area contributed by atoms with Crippen molar-refractivity contribution < 1.29 is 24.5 Å². The molecule has 1 amide bonds. The largest absolute Gasteiger partial charge is 0.466 e. The lowest BCUT2D eigenvalue weighted by atomic mass is 10.0. The lowest BCUT2D eigenvalue weighted by Crippen LogP contribution is -2.45. The van der Waals surface area contributed by atoms with Gasteiger partial charge < -0.3 is 20.3 Å². The highest BCUT2D eigenvalue weighted by Crippen LogP contribution is 2.19. The number of carbonyl (C=O) groups is 2. The second-order valence-electron chi connectivity index (χ2n) is 26.3. The molecule has 85 heavy (non-hydrogen) atoms. The third-order valence-corrected chi connectivity index (χ3v) is 17.9. The molecule has 2 unspecified atom stereocenters. The number of hydrogen-bond acceptors (Lipinski definition) is 5. The summed E-state index contributed by atoms with van der Waals surface area (Å²) in [7, 11) is 0. The fraction of sp³-hybridized carbons (Fsp3) is 0.873. The minimum atomic E-state index is -0.671. The van der Waals surface area contributed by atoms with Crippen molar-refractivity contribution in [3.63, 3.8) is 0 Å². The molecule has 0 aromatic heterocycles. The van der Waals surface area contributed by atoms with Gasteiger partial charge in [-0.3, -0.25) is 9.59 Å². The van der Waals surface area contributed by atoms with E-state index in [1.54, 1.807) is 0 Å². The van der Waals surface area contributed by atoms with Crippen LogP contribution in [0.1, 0.15) is 418 Å². The van der Waals surface area contributed by atoms with Crippen LogP contribution in [-0.2, 0) is 14.3 Å². The summed E-state index contributed by atoms with van der Waals surface area (Å²) in [5, 5.41) is 23.5. The third kappa shape index (κ3) is 70.8. The predicted octanol–water partition coefficient (Wildman–Crippen LogP) is 25.2. The first kappa shape index (κ1) is 82.8. The molecule has 0 heterocycles. The number of carbonyl (C=O) groups excluding carboxylic acids is 2. The van der Waals surface area contributed by atoms with Crippen molar-refractivity contribution in [1.82, 2.24) is 5.32 Å². The minimum absolute atomic E-state index is 0.00588. The van der Waals surface area contributed by atoms with Gasteiger partial charge in [0.25, 0.3) is 0 Å². The lowest BCUT2D eigenvalue weighted by Gasteiger charge is -2.22. The van der Waals surface area contributed by atoms with Crippen molar-refractivity contribution in [3.8, 4) is 0 Å². The molecule has 0 rings (SSSR count). The van der Waals surface area contributed by atoms with Crippen LogP contribution in [0.25, 0.3) is 0 Å². The minimum Gasteiger partial charge on any atom is -0.466 e. The molecule has 0 fully saturated rings. The number of ether oxygens (including phenoxy) is 1. The van der Waals surface area contributed by atoms with Crippen LogP contribution < -0.4 is 5.32 Å². The molecule has 0 spiro atoms. The maximum absolute atomic E-state index is 12.6. The van der Waals surface area contributed by atoms with Crippen LogP contribution in [0.5, 0.6) is 0 Å². The van der Waals surface area contributed by atoms with Crippen LogP contribution in [0.4, 0.5) is 0 Å². The molecule has 500 valence electrons. The van der Waals surface area contributed by atoms with Gasteiger partial charge >= 0.3 is 5.97 Å². The van der Waals surface area contributed by atoms with Crippen molar-refractivity contribution in [1.29, 1.82) is 0 Å². The maximum atomic E-state index is 12.6. The maximum Gasteiger partial charge on any atom is 0.305 e. The van der Waals surface area contributed by atoms with Gasteiger partial charge in [0.1, 0.15) is 0 Å². The molecule has 0 bridgehead atoms. The Labute approximate surface area is 531 Å². The summed E-state index contributed by atoms with van der Waals surface area (Å²) >= 11 is 0. The molecule has 0 radical (unpaired) electrons. The van der Waals surface area contributed by atoms with Gasteiger partial charge in [-0.15, -0.1) is 0 Å². The molecular weight excluding hydrogens is 1040 g/mol. The van der Waals surface area contributed by atoms with Gasteiger partial charge in [-0.1, -0.05) is 364 Å². The van der Waals surface area contributed by atoms with Gasteiger partial charge in [0, 0.05) is 12.8 Å². The molecule has 0 aliphatic heterocycles. The highest BCUT2D eigenvalue weighted by atomic mass is 16.5. The average molecular weight is 1190 g/mol. The van der Waals surface area contributed by atoms with E-state index in [1.165, 1.54) is 327 Å². The van der Waals surface area contributed by atoms with E-state index in [1.807, 2.05) is 0 Å². The molecule has 6 nitrogen and oxygen atoms in total. The zero-order valence-corrected chi connectivity index (χ0v) is 57.4. The fourth-order valence-electron chi connectivity index (χ4n) is 12.0. The Hall–Kier alpha value is -2.18. The number of nitrogens with one attached hydrogen (secondary N) is 1. The third-order valence-electron chi connectivity index (χ3n) is 17.9. The first-order valence-electron chi connectivity index (χ1n) is 38.4. The standard InChI is InChI=1S/C79H149NO5/c1-3-5-7-9-11-13-15-17-19-21-23-24-25-29-32-36-39-43-47-51-55-59-63-67-71-77(82)76(75-81)80-78(83)72-68-64-60-56-52-48-44-40-37-33-30-27-26-28-31-34-38-42-46-50-54-58-62-66-70-74-85-79(84)73-69-65-61-57-53-49-45-41-35-22-20-18-16-14-12-10-8-6-4-2/h12,14,18,20,27-28,30-31,76-77,81-82H,3-11,13,15-17,19,21-26,29,32-75H2,1-2H3,(H,80,83)/b14-12-,20-18-,30-27-,31-28-. The van der Waals surface area contributed by atoms with E-state index in [9.17, 15) is 19.8 Å².